The van der Waals surface area contributed by atoms with Crippen molar-refractivity contribution in [3.8, 4) is 5.75 Å². The van der Waals surface area contributed by atoms with Crippen LogP contribution in [0.3, 0.4) is 0 Å². The maximum atomic E-state index is 12.0. The van der Waals surface area contributed by atoms with Crippen molar-refractivity contribution >= 4 is 5.91 Å². The summed E-state index contributed by atoms with van der Waals surface area (Å²) >= 11 is 0. The van der Waals surface area contributed by atoms with Gasteiger partial charge in [-0.15, -0.1) is 0 Å². The molecular formula is C16H25NO3. The molecule has 0 aliphatic carbocycles. The number of amides is 1. The fraction of sp³-hybridized carbons (Fsp3) is 0.562. The Morgan fingerprint density at radius 1 is 1.40 bits per heavy atom. The topological polar surface area (TPSA) is 58.6 Å². The van der Waals surface area contributed by atoms with E-state index in [0.29, 0.717) is 18.6 Å². The molecule has 112 valence electrons. The van der Waals surface area contributed by atoms with Crippen molar-refractivity contribution < 1.29 is 14.6 Å². The van der Waals surface area contributed by atoms with Gasteiger partial charge >= 0.3 is 0 Å². The highest BCUT2D eigenvalue weighted by molar-refractivity contribution is 5.81. The minimum atomic E-state index is -0.523. The van der Waals surface area contributed by atoms with Crippen LogP contribution in [-0.2, 0) is 4.79 Å². The van der Waals surface area contributed by atoms with E-state index in [1.165, 1.54) is 0 Å². The maximum absolute atomic E-state index is 12.0. The summed E-state index contributed by atoms with van der Waals surface area (Å²) in [4.78, 5) is 12.0. The van der Waals surface area contributed by atoms with Gasteiger partial charge in [-0.3, -0.25) is 4.79 Å². The van der Waals surface area contributed by atoms with Gasteiger partial charge in [0.05, 0.1) is 6.10 Å². The van der Waals surface area contributed by atoms with Crippen LogP contribution in [0.25, 0.3) is 0 Å². The van der Waals surface area contributed by atoms with Crippen molar-refractivity contribution in [3.63, 3.8) is 0 Å². The second-order valence-electron chi connectivity index (χ2n) is 5.02. The molecule has 4 heteroatoms. The van der Waals surface area contributed by atoms with E-state index in [2.05, 4.69) is 5.32 Å². The average molecular weight is 279 g/mol. The number of hydrogen-bond donors (Lipinski definition) is 2. The molecule has 1 aromatic carbocycles. The van der Waals surface area contributed by atoms with Gasteiger partial charge in [-0.05, 0) is 37.5 Å². The normalized spacial score (nSPS) is 13.6. The smallest absolute Gasteiger partial charge is 0.261 e. The number of benzene rings is 1. The first kappa shape index (κ1) is 16.5. The summed E-state index contributed by atoms with van der Waals surface area (Å²) in [5.74, 6) is 0.519. The van der Waals surface area contributed by atoms with E-state index in [-0.39, 0.29) is 12.5 Å². The molecule has 4 nitrogen and oxygen atoms in total. The third-order valence-corrected chi connectivity index (χ3v) is 3.06. The fourth-order valence-corrected chi connectivity index (χ4v) is 1.94. The van der Waals surface area contributed by atoms with Gasteiger partial charge in [0.25, 0.3) is 5.91 Å². The van der Waals surface area contributed by atoms with Crippen LogP contribution in [0.2, 0.25) is 0 Å². The Morgan fingerprint density at radius 2 is 2.15 bits per heavy atom. The molecule has 2 unspecified atom stereocenters. The summed E-state index contributed by atoms with van der Waals surface area (Å²) in [5.41, 5.74) is 1.09. The Hall–Kier alpha value is -1.55. The number of aliphatic hydroxyl groups excluding tert-OH is 1. The SMILES string of the molecule is CCCC(O)CNC(=O)C(CC)Oc1cccc(C)c1. The van der Waals surface area contributed by atoms with Gasteiger partial charge in [0.1, 0.15) is 5.75 Å². The van der Waals surface area contributed by atoms with Crippen molar-refractivity contribution in [2.24, 2.45) is 0 Å². The van der Waals surface area contributed by atoms with Crippen LogP contribution in [0, 0.1) is 6.92 Å². The summed E-state index contributed by atoms with van der Waals surface area (Å²) < 4.78 is 5.70. The summed E-state index contributed by atoms with van der Waals surface area (Å²) in [6, 6.07) is 7.63. The minimum Gasteiger partial charge on any atom is -0.481 e. The Kier molecular flexibility index (Phi) is 7.09. The predicted octanol–water partition coefficient (Wildman–Crippen LogP) is 2.43. The number of carbonyl (C=O) groups excluding carboxylic acids is 1. The van der Waals surface area contributed by atoms with E-state index >= 15 is 0 Å². The molecule has 2 atom stereocenters. The van der Waals surface area contributed by atoms with Crippen molar-refractivity contribution in [1.82, 2.24) is 5.32 Å². The van der Waals surface area contributed by atoms with Crippen molar-refractivity contribution in [2.45, 2.75) is 52.2 Å². The fourth-order valence-electron chi connectivity index (χ4n) is 1.94. The standard InChI is InChI=1S/C16H25NO3/c1-4-7-13(18)11-17-16(19)15(5-2)20-14-9-6-8-12(3)10-14/h6,8-10,13,15,18H,4-5,7,11H2,1-3H3,(H,17,19). The molecule has 2 N–H and O–H groups in total. The number of hydrogen-bond acceptors (Lipinski definition) is 3. The Balaban J connectivity index is 2.51. The molecule has 0 saturated heterocycles. The third kappa shape index (κ3) is 5.61. The van der Waals surface area contributed by atoms with E-state index in [0.717, 1.165) is 12.0 Å². The molecule has 0 fully saturated rings. The maximum Gasteiger partial charge on any atom is 0.261 e. The Morgan fingerprint density at radius 3 is 2.75 bits per heavy atom. The lowest BCUT2D eigenvalue weighted by molar-refractivity contribution is -0.128. The van der Waals surface area contributed by atoms with Gasteiger partial charge in [-0.2, -0.15) is 0 Å². The lowest BCUT2D eigenvalue weighted by atomic mass is 10.2. The van der Waals surface area contributed by atoms with E-state index in [1.807, 2.05) is 45.0 Å². The molecule has 0 aromatic heterocycles. The zero-order valence-electron chi connectivity index (χ0n) is 12.6. The quantitative estimate of drug-likeness (QED) is 0.768. The first-order chi connectivity index (χ1) is 9.56. The van der Waals surface area contributed by atoms with E-state index in [9.17, 15) is 9.90 Å². The van der Waals surface area contributed by atoms with Crippen LogP contribution in [0.5, 0.6) is 5.75 Å². The largest absolute Gasteiger partial charge is 0.481 e. The highest BCUT2D eigenvalue weighted by atomic mass is 16.5. The molecule has 0 aliphatic rings. The van der Waals surface area contributed by atoms with Crippen LogP contribution in [0.4, 0.5) is 0 Å². The van der Waals surface area contributed by atoms with Gasteiger partial charge in [-0.1, -0.05) is 32.4 Å². The first-order valence-corrected chi connectivity index (χ1v) is 7.25. The van der Waals surface area contributed by atoms with Gasteiger partial charge in [0.2, 0.25) is 0 Å². The molecule has 1 amide bonds. The number of ether oxygens (including phenoxy) is 1. The Labute approximate surface area is 121 Å². The minimum absolute atomic E-state index is 0.177. The number of aliphatic hydroxyl groups is 1. The predicted molar refractivity (Wildman–Crippen MR) is 79.8 cm³/mol. The van der Waals surface area contributed by atoms with Crippen molar-refractivity contribution in [1.29, 1.82) is 0 Å². The van der Waals surface area contributed by atoms with Gasteiger partial charge < -0.3 is 15.2 Å². The van der Waals surface area contributed by atoms with Crippen LogP contribution < -0.4 is 10.1 Å². The van der Waals surface area contributed by atoms with Crippen LogP contribution in [0.15, 0.2) is 24.3 Å². The number of carbonyl (C=O) groups is 1. The zero-order chi connectivity index (χ0) is 15.0. The van der Waals surface area contributed by atoms with Gasteiger partial charge in [-0.25, -0.2) is 0 Å². The monoisotopic (exact) mass is 279 g/mol. The molecule has 0 spiro atoms. The highest BCUT2D eigenvalue weighted by Gasteiger charge is 2.18. The summed E-state index contributed by atoms with van der Waals surface area (Å²) in [7, 11) is 0. The second kappa shape index (κ2) is 8.59. The third-order valence-electron chi connectivity index (χ3n) is 3.06. The number of rotatable bonds is 8. The van der Waals surface area contributed by atoms with Crippen LogP contribution in [0.1, 0.15) is 38.7 Å². The van der Waals surface area contributed by atoms with Crippen molar-refractivity contribution in [2.75, 3.05) is 6.54 Å². The first-order valence-electron chi connectivity index (χ1n) is 7.25. The lowest BCUT2D eigenvalue weighted by Gasteiger charge is -2.18. The molecule has 0 heterocycles. The molecule has 0 bridgehead atoms. The van der Waals surface area contributed by atoms with E-state index in [4.69, 9.17) is 4.74 Å². The number of aryl methyl sites for hydroxylation is 1. The van der Waals surface area contributed by atoms with Crippen LogP contribution in [-0.4, -0.2) is 29.8 Å². The second-order valence-corrected chi connectivity index (χ2v) is 5.02. The molecule has 1 rings (SSSR count). The molecule has 0 radical (unpaired) electrons. The molecular weight excluding hydrogens is 254 g/mol. The van der Waals surface area contributed by atoms with Gasteiger partial charge in [0, 0.05) is 6.54 Å². The van der Waals surface area contributed by atoms with E-state index < -0.39 is 12.2 Å². The number of nitrogens with one attached hydrogen (secondary N) is 1. The Bertz CT molecular complexity index is 420. The lowest BCUT2D eigenvalue weighted by Crippen LogP contribution is -2.41. The van der Waals surface area contributed by atoms with Gasteiger partial charge in [0.15, 0.2) is 6.10 Å². The molecule has 1 aromatic rings. The van der Waals surface area contributed by atoms with E-state index in [1.54, 1.807) is 0 Å². The zero-order valence-corrected chi connectivity index (χ0v) is 12.6. The average Bonchev–Trinajstić information content (AvgIpc) is 2.42. The van der Waals surface area contributed by atoms with Crippen molar-refractivity contribution in [3.05, 3.63) is 29.8 Å². The summed E-state index contributed by atoms with van der Waals surface area (Å²) in [5, 5.41) is 12.4. The molecule has 20 heavy (non-hydrogen) atoms. The summed E-state index contributed by atoms with van der Waals surface area (Å²) in [6.07, 6.45) is 1.17. The summed E-state index contributed by atoms with van der Waals surface area (Å²) in [6.45, 7) is 6.17. The highest BCUT2D eigenvalue weighted by Crippen LogP contribution is 2.15. The van der Waals surface area contributed by atoms with Crippen LogP contribution >= 0.6 is 0 Å². The molecule has 0 saturated carbocycles. The molecule has 0 aliphatic heterocycles.